The third-order valence-electron chi connectivity index (χ3n) is 3.61. The number of aryl methyl sites for hydroxylation is 1. The quantitative estimate of drug-likeness (QED) is 0.659. The van der Waals surface area contributed by atoms with Crippen LogP contribution in [0.2, 0.25) is 0 Å². The first-order valence-electron chi connectivity index (χ1n) is 7.56. The van der Waals surface area contributed by atoms with Gasteiger partial charge in [-0.05, 0) is 64.8 Å². The SMILES string of the molecule is Cc1ccc(C(=O)Nc2ccccc2Br)cc1NC(=O)c1ccco1. The van der Waals surface area contributed by atoms with Gasteiger partial charge in [-0.15, -0.1) is 0 Å². The molecule has 1 aromatic heterocycles. The molecule has 0 aliphatic heterocycles. The lowest BCUT2D eigenvalue weighted by Crippen LogP contribution is -2.15. The van der Waals surface area contributed by atoms with E-state index in [-0.39, 0.29) is 17.6 Å². The van der Waals surface area contributed by atoms with Gasteiger partial charge in [0.05, 0.1) is 12.0 Å². The summed E-state index contributed by atoms with van der Waals surface area (Å²) in [5, 5.41) is 5.60. The first-order valence-corrected chi connectivity index (χ1v) is 8.35. The number of hydrogen-bond donors (Lipinski definition) is 2. The first-order chi connectivity index (χ1) is 12.0. The summed E-state index contributed by atoms with van der Waals surface area (Å²) >= 11 is 3.40. The van der Waals surface area contributed by atoms with Crippen LogP contribution in [0.1, 0.15) is 26.5 Å². The van der Waals surface area contributed by atoms with Crippen LogP contribution in [0.4, 0.5) is 11.4 Å². The van der Waals surface area contributed by atoms with E-state index < -0.39 is 0 Å². The molecular formula is C19H15BrN2O3. The summed E-state index contributed by atoms with van der Waals surface area (Å²) in [6.07, 6.45) is 1.43. The molecule has 3 rings (SSSR count). The molecule has 3 aromatic rings. The van der Waals surface area contributed by atoms with Gasteiger partial charge in [-0.2, -0.15) is 0 Å². The molecule has 2 aromatic carbocycles. The lowest BCUT2D eigenvalue weighted by atomic mass is 10.1. The summed E-state index contributed by atoms with van der Waals surface area (Å²) in [4.78, 5) is 24.6. The van der Waals surface area contributed by atoms with E-state index in [0.29, 0.717) is 16.9 Å². The van der Waals surface area contributed by atoms with E-state index in [1.165, 1.54) is 6.26 Å². The fourth-order valence-corrected chi connectivity index (χ4v) is 2.63. The monoisotopic (exact) mass is 398 g/mol. The molecule has 0 aliphatic carbocycles. The third kappa shape index (κ3) is 3.97. The Balaban J connectivity index is 1.80. The highest BCUT2D eigenvalue weighted by Crippen LogP contribution is 2.23. The maximum atomic E-state index is 12.5. The number of carbonyl (C=O) groups is 2. The van der Waals surface area contributed by atoms with E-state index in [9.17, 15) is 9.59 Å². The van der Waals surface area contributed by atoms with Crippen LogP contribution in [0.15, 0.2) is 69.8 Å². The molecule has 25 heavy (non-hydrogen) atoms. The second-order valence-corrected chi connectivity index (χ2v) is 6.25. The van der Waals surface area contributed by atoms with E-state index in [1.807, 2.05) is 25.1 Å². The van der Waals surface area contributed by atoms with Gasteiger partial charge in [0.15, 0.2) is 5.76 Å². The highest BCUT2D eigenvalue weighted by atomic mass is 79.9. The Morgan fingerprint density at radius 3 is 2.40 bits per heavy atom. The highest BCUT2D eigenvalue weighted by molar-refractivity contribution is 9.10. The zero-order valence-electron chi connectivity index (χ0n) is 13.4. The van der Waals surface area contributed by atoms with Gasteiger partial charge in [0, 0.05) is 15.7 Å². The van der Waals surface area contributed by atoms with Crippen LogP contribution >= 0.6 is 15.9 Å². The van der Waals surface area contributed by atoms with Crippen LogP contribution in [-0.2, 0) is 0 Å². The maximum Gasteiger partial charge on any atom is 0.291 e. The summed E-state index contributed by atoms with van der Waals surface area (Å²) in [5.74, 6) is -0.417. The fourth-order valence-electron chi connectivity index (χ4n) is 2.25. The number of benzene rings is 2. The van der Waals surface area contributed by atoms with Crippen LogP contribution < -0.4 is 10.6 Å². The fraction of sp³-hybridized carbons (Fsp3) is 0.0526. The van der Waals surface area contributed by atoms with Crippen LogP contribution in [0, 0.1) is 6.92 Å². The van der Waals surface area contributed by atoms with Crippen molar-refractivity contribution in [1.82, 2.24) is 0 Å². The molecule has 2 N–H and O–H groups in total. The summed E-state index contributed by atoms with van der Waals surface area (Å²) in [6.45, 7) is 1.85. The normalized spacial score (nSPS) is 10.3. The Kier molecular flexibility index (Phi) is 5.00. The molecule has 126 valence electrons. The Bertz CT molecular complexity index is 920. The number of nitrogens with one attached hydrogen (secondary N) is 2. The zero-order chi connectivity index (χ0) is 17.8. The van der Waals surface area contributed by atoms with Crippen LogP contribution in [0.5, 0.6) is 0 Å². The number of halogens is 1. The molecule has 0 atom stereocenters. The molecule has 0 saturated carbocycles. The van der Waals surface area contributed by atoms with Crippen molar-refractivity contribution in [3.8, 4) is 0 Å². The minimum atomic E-state index is -0.364. The topological polar surface area (TPSA) is 71.3 Å². The Morgan fingerprint density at radius 2 is 1.68 bits per heavy atom. The number of rotatable bonds is 4. The van der Waals surface area contributed by atoms with Crippen molar-refractivity contribution >= 4 is 39.1 Å². The van der Waals surface area contributed by atoms with Crippen molar-refractivity contribution in [3.63, 3.8) is 0 Å². The van der Waals surface area contributed by atoms with E-state index in [4.69, 9.17) is 4.42 Å². The van der Waals surface area contributed by atoms with Gasteiger partial charge in [-0.25, -0.2) is 0 Å². The van der Waals surface area contributed by atoms with Crippen molar-refractivity contribution in [3.05, 3.63) is 82.2 Å². The molecule has 0 spiro atoms. The summed E-state index contributed by atoms with van der Waals surface area (Å²) in [6, 6.07) is 15.7. The molecule has 0 aliphatic rings. The molecule has 5 nitrogen and oxygen atoms in total. The zero-order valence-corrected chi connectivity index (χ0v) is 15.0. The second-order valence-electron chi connectivity index (χ2n) is 5.40. The average Bonchev–Trinajstić information content (AvgIpc) is 3.13. The lowest BCUT2D eigenvalue weighted by Gasteiger charge is -2.11. The van der Waals surface area contributed by atoms with Gasteiger partial charge in [0.2, 0.25) is 0 Å². The van der Waals surface area contributed by atoms with Crippen molar-refractivity contribution in [2.75, 3.05) is 10.6 Å². The van der Waals surface area contributed by atoms with Crippen molar-refractivity contribution in [2.24, 2.45) is 0 Å². The van der Waals surface area contributed by atoms with Crippen molar-refractivity contribution < 1.29 is 14.0 Å². The number of amides is 2. The second kappa shape index (κ2) is 7.36. The van der Waals surface area contributed by atoms with Crippen LogP contribution in [-0.4, -0.2) is 11.8 Å². The number of anilines is 2. The summed E-state index contributed by atoms with van der Waals surface area (Å²) < 4.78 is 5.87. The van der Waals surface area contributed by atoms with Gasteiger partial charge in [0.25, 0.3) is 11.8 Å². The molecule has 1 heterocycles. The lowest BCUT2D eigenvalue weighted by molar-refractivity contribution is 0.0993. The van der Waals surface area contributed by atoms with Crippen LogP contribution in [0.25, 0.3) is 0 Å². The van der Waals surface area contributed by atoms with E-state index in [0.717, 1.165) is 10.0 Å². The standard InChI is InChI=1S/C19H15BrN2O3/c1-12-8-9-13(18(23)21-15-6-3-2-5-14(15)20)11-16(12)22-19(24)17-7-4-10-25-17/h2-11H,1H3,(H,21,23)(H,22,24). The van der Waals surface area contributed by atoms with Crippen LogP contribution in [0.3, 0.4) is 0 Å². The Morgan fingerprint density at radius 1 is 0.920 bits per heavy atom. The van der Waals surface area contributed by atoms with Gasteiger partial charge in [0.1, 0.15) is 0 Å². The molecule has 0 saturated heterocycles. The smallest absolute Gasteiger partial charge is 0.291 e. The minimum Gasteiger partial charge on any atom is -0.459 e. The third-order valence-corrected chi connectivity index (χ3v) is 4.31. The van der Waals surface area contributed by atoms with Gasteiger partial charge in [-0.3, -0.25) is 9.59 Å². The van der Waals surface area contributed by atoms with Gasteiger partial charge >= 0.3 is 0 Å². The van der Waals surface area contributed by atoms with Crippen molar-refractivity contribution in [1.29, 1.82) is 0 Å². The molecule has 0 fully saturated rings. The van der Waals surface area contributed by atoms with Crippen molar-refractivity contribution in [2.45, 2.75) is 6.92 Å². The average molecular weight is 399 g/mol. The van der Waals surface area contributed by atoms with E-state index >= 15 is 0 Å². The number of carbonyl (C=O) groups excluding carboxylic acids is 2. The maximum absolute atomic E-state index is 12.5. The first kappa shape index (κ1) is 17.0. The van der Waals surface area contributed by atoms with Gasteiger partial charge < -0.3 is 15.1 Å². The van der Waals surface area contributed by atoms with E-state index in [2.05, 4.69) is 26.6 Å². The number of furan rings is 1. The largest absolute Gasteiger partial charge is 0.459 e. The Hall–Kier alpha value is -2.86. The Labute approximate surface area is 153 Å². The highest BCUT2D eigenvalue weighted by Gasteiger charge is 2.13. The number of para-hydroxylation sites is 1. The van der Waals surface area contributed by atoms with Gasteiger partial charge in [-0.1, -0.05) is 18.2 Å². The predicted octanol–water partition coefficient (Wildman–Crippen LogP) is 4.86. The summed E-state index contributed by atoms with van der Waals surface area (Å²) in [7, 11) is 0. The predicted molar refractivity (Wildman–Crippen MR) is 99.9 cm³/mol. The number of hydrogen-bond acceptors (Lipinski definition) is 3. The molecule has 6 heteroatoms. The molecule has 2 amide bonds. The molecule has 0 bridgehead atoms. The summed E-state index contributed by atoms with van der Waals surface area (Å²) in [5.41, 5.74) is 2.52. The molecule has 0 radical (unpaired) electrons. The minimum absolute atomic E-state index is 0.211. The molecular weight excluding hydrogens is 384 g/mol. The van der Waals surface area contributed by atoms with E-state index in [1.54, 1.807) is 36.4 Å². The molecule has 0 unspecified atom stereocenters.